The minimum atomic E-state index is 0.0312. The first-order valence-corrected chi connectivity index (χ1v) is 8.01. The van der Waals surface area contributed by atoms with Gasteiger partial charge in [-0.2, -0.15) is 0 Å². The van der Waals surface area contributed by atoms with Crippen molar-refractivity contribution in [1.29, 1.82) is 0 Å². The van der Waals surface area contributed by atoms with E-state index in [9.17, 15) is 9.59 Å². The molecule has 1 aromatic carbocycles. The molecular formula is C17H23N3O2. The Morgan fingerprint density at radius 2 is 2.18 bits per heavy atom. The lowest BCUT2D eigenvalue weighted by Gasteiger charge is -2.16. The number of benzene rings is 1. The number of hydrogen-bond acceptors (Lipinski definition) is 3. The monoisotopic (exact) mass is 301 g/mol. The maximum atomic E-state index is 12.2. The fourth-order valence-corrected chi connectivity index (χ4v) is 3.58. The average molecular weight is 301 g/mol. The summed E-state index contributed by atoms with van der Waals surface area (Å²) >= 11 is 0. The largest absolute Gasteiger partial charge is 0.327 e. The number of amides is 2. The van der Waals surface area contributed by atoms with Gasteiger partial charge in [0.15, 0.2) is 0 Å². The van der Waals surface area contributed by atoms with Gasteiger partial charge in [0.1, 0.15) is 0 Å². The summed E-state index contributed by atoms with van der Waals surface area (Å²) in [6.45, 7) is 2.30. The maximum absolute atomic E-state index is 12.2. The number of fused-ring (bicyclic) bond motifs is 1. The van der Waals surface area contributed by atoms with Crippen molar-refractivity contribution in [1.82, 2.24) is 0 Å². The molecule has 3 N–H and O–H groups in total. The van der Waals surface area contributed by atoms with Gasteiger partial charge in [-0.1, -0.05) is 6.42 Å². The fraction of sp³-hybridized carbons (Fsp3) is 0.529. The molecule has 2 atom stereocenters. The van der Waals surface area contributed by atoms with Gasteiger partial charge in [0.2, 0.25) is 11.8 Å². The SMILES string of the molecule is CC(=O)N1CCc2cc(NC(=O)C[C@@H]3CCC[C@H]3N)ccc21. The van der Waals surface area contributed by atoms with E-state index in [1.54, 1.807) is 11.8 Å². The van der Waals surface area contributed by atoms with Crippen LogP contribution in [0.4, 0.5) is 11.4 Å². The molecule has 1 saturated carbocycles. The van der Waals surface area contributed by atoms with Gasteiger partial charge in [-0.3, -0.25) is 9.59 Å². The molecular weight excluding hydrogens is 278 g/mol. The van der Waals surface area contributed by atoms with Crippen LogP contribution in [-0.4, -0.2) is 24.4 Å². The van der Waals surface area contributed by atoms with Crippen molar-refractivity contribution in [2.24, 2.45) is 11.7 Å². The third kappa shape index (κ3) is 2.99. The minimum Gasteiger partial charge on any atom is -0.327 e. The number of carbonyl (C=O) groups is 2. The van der Waals surface area contributed by atoms with Crippen molar-refractivity contribution >= 4 is 23.2 Å². The molecule has 1 heterocycles. The zero-order valence-corrected chi connectivity index (χ0v) is 13.0. The predicted molar refractivity (Wildman–Crippen MR) is 86.7 cm³/mol. The fourth-order valence-electron chi connectivity index (χ4n) is 3.58. The number of nitrogens with zero attached hydrogens (tertiary/aromatic N) is 1. The summed E-state index contributed by atoms with van der Waals surface area (Å²) in [6.07, 6.45) is 4.53. The van der Waals surface area contributed by atoms with Crippen LogP contribution in [0.5, 0.6) is 0 Å². The van der Waals surface area contributed by atoms with E-state index in [1.807, 2.05) is 18.2 Å². The molecule has 2 amide bonds. The molecule has 3 rings (SSSR count). The third-order valence-electron chi connectivity index (χ3n) is 4.80. The molecule has 0 saturated heterocycles. The lowest BCUT2D eigenvalue weighted by atomic mass is 10.00. The van der Waals surface area contributed by atoms with Crippen LogP contribution in [-0.2, 0) is 16.0 Å². The number of nitrogens with one attached hydrogen (secondary N) is 1. The third-order valence-corrected chi connectivity index (χ3v) is 4.80. The molecule has 118 valence electrons. The average Bonchev–Trinajstić information content (AvgIpc) is 3.05. The van der Waals surface area contributed by atoms with E-state index in [0.29, 0.717) is 12.3 Å². The molecule has 0 radical (unpaired) electrons. The molecule has 1 aliphatic heterocycles. The number of nitrogens with two attached hydrogens (primary N) is 1. The highest BCUT2D eigenvalue weighted by molar-refractivity contribution is 5.95. The minimum absolute atomic E-state index is 0.0312. The van der Waals surface area contributed by atoms with Gasteiger partial charge in [0.05, 0.1) is 0 Å². The normalized spacial score (nSPS) is 23.5. The molecule has 5 heteroatoms. The van der Waals surface area contributed by atoms with E-state index < -0.39 is 0 Å². The number of carbonyl (C=O) groups excluding carboxylic acids is 2. The molecule has 1 aromatic rings. The molecule has 1 fully saturated rings. The van der Waals surface area contributed by atoms with Gasteiger partial charge in [-0.15, -0.1) is 0 Å². The lowest BCUT2D eigenvalue weighted by molar-refractivity contribution is -0.117. The predicted octanol–water partition coefficient (Wildman–Crippen LogP) is 2.05. The Kier molecular flexibility index (Phi) is 4.16. The number of anilines is 2. The zero-order valence-electron chi connectivity index (χ0n) is 13.0. The molecule has 0 spiro atoms. The van der Waals surface area contributed by atoms with Crippen molar-refractivity contribution in [3.05, 3.63) is 23.8 Å². The standard InChI is InChI=1S/C17H23N3O2/c1-11(21)20-8-7-13-9-14(5-6-16(13)20)19-17(22)10-12-3-2-4-15(12)18/h5-6,9,12,15H,2-4,7-8,10,18H2,1H3,(H,19,22)/t12-,15+/m0/s1. The van der Waals surface area contributed by atoms with Crippen molar-refractivity contribution in [3.63, 3.8) is 0 Å². The van der Waals surface area contributed by atoms with Crippen LogP contribution in [0.2, 0.25) is 0 Å². The number of rotatable bonds is 3. The van der Waals surface area contributed by atoms with Gasteiger partial charge < -0.3 is 16.0 Å². The Balaban J connectivity index is 1.64. The summed E-state index contributed by atoms with van der Waals surface area (Å²) in [5.74, 6) is 0.400. The van der Waals surface area contributed by atoms with Crippen LogP contribution >= 0.6 is 0 Å². The smallest absolute Gasteiger partial charge is 0.224 e. The topological polar surface area (TPSA) is 75.4 Å². The molecule has 0 unspecified atom stereocenters. The highest BCUT2D eigenvalue weighted by Crippen LogP contribution is 2.31. The van der Waals surface area contributed by atoms with Crippen molar-refractivity contribution < 1.29 is 9.59 Å². The second-order valence-corrected chi connectivity index (χ2v) is 6.37. The Labute approximate surface area is 130 Å². The van der Waals surface area contributed by atoms with Gasteiger partial charge >= 0.3 is 0 Å². The molecule has 5 nitrogen and oxygen atoms in total. The second kappa shape index (κ2) is 6.08. The van der Waals surface area contributed by atoms with Crippen LogP contribution in [0.1, 0.15) is 38.2 Å². The molecule has 2 aliphatic rings. The van der Waals surface area contributed by atoms with Gasteiger partial charge in [-0.05, 0) is 48.9 Å². The lowest BCUT2D eigenvalue weighted by Crippen LogP contribution is -2.28. The molecule has 0 aromatic heterocycles. The Bertz CT molecular complexity index is 600. The Morgan fingerprint density at radius 3 is 2.86 bits per heavy atom. The highest BCUT2D eigenvalue weighted by Gasteiger charge is 2.26. The summed E-state index contributed by atoms with van der Waals surface area (Å²) in [5.41, 5.74) is 8.90. The van der Waals surface area contributed by atoms with E-state index >= 15 is 0 Å². The van der Waals surface area contributed by atoms with Crippen molar-refractivity contribution in [3.8, 4) is 0 Å². The summed E-state index contributed by atoms with van der Waals surface area (Å²) in [7, 11) is 0. The quantitative estimate of drug-likeness (QED) is 0.897. The molecule has 0 bridgehead atoms. The van der Waals surface area contributed by atoms with E-state index in [0.717, 1.165) is 49.2 Å². The Morgan fingerprint density at radius 1 is 1.36 bits per heavy atom. The van der Waals surface area contributed by atoms with E-state index in [2.05, 4.69) is 5.32 Å². The highest BCUT2D eigenvalue weighted by atomic mass is 16.2. The van der Waals surface area contributed by atoms with Gasteiger partial charge in [0.25, 0.3) is 0 Å². The summed E-state index contributed by atoms with van der Waals surface area (Å²) < 4.78 is 0. The van der Waals surface area contributed by atoms with Crippen molar-refractivity contribution in [2.75, 3.05) is 16.8 Å². The second-order valence-electron chi connectivity index (χ2n) is 6.37. The van der Waals surface area contributed by atoms with E-state index in [1.165, 1.54) is 0 Å². The molecule has 22 heavy (non-hydrogen) atoms. The van der Waals surface area contributed by atoms with Crippen LogP contribution < -0.4 is 16.0 Å². The van der Waals surface area contributed by atoms with Gasteiger partial charge in [-0.25, -0.2) is 0 Å². The maximum Gasteiger partial charge on any atom is 0.224 e. The van der Waals surface area contributed by atoms with E-state index in [-0.39, 0.29) is 17.9 Å². The van der Waals surface area contributed by atoms with Gasteiger partial charge in [0, 0.05) is 37.3 Å². The zero-order chi connectivity index (χ0) is 15.7. The van der Waals surface area contributed by atoms with Crippen LogP contribution in [0, 0.1) is 5.92 Å². The molecule has 1 aliphatic carbocycles. The van der Waals surface area contributed by atoms with Crippen molar-refractivity contribution in [2.45, 2.75) is 45.1 Å². The summed E-state index contributed by atoms with van der Waals surface area (Å²) in [5, 5.41) is 2.97. The summed E-state index contributed by atoms with van der Waals surface area (Å²) in [6, 6.07) is 5.92. The van der Waals surface area contributed by atoms with Crippen LogP contribution in [0.3, 0.4) is 0 Å². The van der Waals surface area contributed by atoms with E-state index in [4.69, 9.17) is 5.73 Å². The first-order valence-electron chi connectivity index (χ1n) is 8.01. The van der Waals surface area contributed by atoms with Crippen LogP contribution in [0.15, 0.2) is 18.2 Å². The Hall–Kier alpha value is -1.88. The first kappa shape index (κ1) is 15.0. The number of hydrogen-bond donors (Lipinski definition) is 2. The van der Waals surface area contributed by atoms with Crippen LogP contribution in [0.25, 0.3) is 0 Å². The summed E-state index contributed by atoms with van der Waals surface area (Å²) in [4.78, 5) is 25.5. The first-order chi connectivity index (χ1) is 10.5.